The molecular weight excluding hydrogens is 210 g/mol. The van der Waals surface area contributed by atoms with Crippen molar-refractivity contribution in [2.45, 2.75) is 0 Å². The summed E-state index contributed by atoms with van der Waals surface area (Å²) in [5.74, 6) is 0.358. The van der Waals surface area contributed by atoms with Crippen LogP contribution in [-0.4, -0.2) is 15.1 Å². The number of phenols is 1. The normalized spacial score (nSPS) is 10.0. The lowest BCUT2D eigenvalue weighted by Crippen LogP contribution is -2.22. The maximum atomic E-state index is 11.0. The predicted molar refractivity (Wildman–Crippen MR) is 59.1 cm³/mol. The third-order valence-electron chi connectivity index (χ3n) is 1.89. The first kappa shape index (κ1) is 10.0. The number of nitrogens with one attached hydrogen (secondary N) is 3. The molecule has 2 rings (SSSR count). The van der Waals surface area contributed by atoms with E-state index in [-0.39, 0.29) is 11.6 Å². The summed E-state index contributed by atoms with van der Waals surface area (Å²) in [5.41, 5.74) is -0.511. The average Bonchev–Trinajstić information content (AvgIpc) is 2.15. The second kappa shape index (κ2) is 3.93. The van der Waals surface area contributed by atoms with Crippen molar-refractivity contribution in [1.82, 2.24) is 9.97 Å². The fraction of sp³-hybridized carbons (Fsp3) is 0. The van der Waals surface area contributed by atoms with Crippen molar-refractivity contribution in [3.63, 3.8) is 0 Å². The van der Waals surface area contributed by atoms with Gasteiger partial charge in [-0.15, -0.1) is 0 Å². The van der Waals surface area contributed by atoms with Gasteiger partial charge in [-0.05, 0) is 12.1 Å². The van der Waals surface area contributed by atoms with Gasteiger partial charge in [0.2, 0.25) is 0 Å². The Morgan fingerprint density at radius 3 is 2.62 bits per heavy atom. The molecule has 0 aliphatic carbocycles. The monoisotopic (exact) mass is 219 g/mol. The molecule has 0 spiro atoms. The van der Waals surface area contributed by atoms with Crippen molar-refractivity contribution < 1.29 is 5.11 Å². The molecule has 6 heteroatoms. The van der Waals surface area contributed by atoms with E-state index in [9.17, 15) is 14.7 Å². The van der Waals surface area contributed by atoms with Crippen molar-refractivity contribution in [3.8, 4) is 5.75 Å². The van der Waals surface area contributed by atoms with Gasteiger partial charge in [0.25, 0.3) is 5.56 Å². The summed E-state index contributed by atoms with van der Waals surface area (Å²) < 4.78 is 0. The highest BCUT2D eigenvalue weighted by atomic mass is 16.3. The Balaban J connectivity index is 2.34. The molecule has 4 N–H and O–H groups in total. The van der Waals surface area contributed by atoms with Crippen LogP contribution in [0, 0.1) is 0 Å². The molecule has 82 valence electrons. The highest BCUT2D eigenvalue weighted by Crippen LogP contribution is 2.17. The number of phenolic OH excluding ortho intramolecular Hbond substituents is 1. The van der Waals surface area contributed by atoms with Crippen molar-refractivity contribution in [2.24, 2.45) is 0 Å². The van der Waals surface area contributed by atoms with Gasteiger partial charge in [-0.2, -0.15) is 0 Å². The largest absolute Gasteiger partial charge is 0.508 e. The second-order valence-corrected chi connectivity index (χ2v) is 3.18. The lowest BCUT2D eigenvalue weighted by molar-refractivity contribution is 0.475. The number of hydrogen-bond acceptors (Lipinski definition) is 4. The zero-order chi connectivity index (χ0) is 11.5. The summed E-state index contributed by atoms with van der Waals surface area (Å²) in [7, 11) is 0. The highest BCUT2D eigenvalue weighted by molar-refractivity contribution is 5.57. The van der Waals surface area contributed by atoms with E-state index in [2.05, 4.69) is 15.3 Å². The Bertz CT molecular complexity index is 587. The average molecular weight is 219 g/mol. The van der Waals surface area contributed by atoms with Crippen molar-refractivity contribution in [2.75, 3.05) is 5.32 Å². The van der Waals surface area contributed by atoms with Gasteiger partial charge in [0.1, 0.15) is 11.6 Å². The molecule has 2 aromatic rings. The van der Waals surface area contributed by atoms with Gasteiger partial charge in [0.15, 0.2) is 0 Å². The van der Waals surface area contributed by atoms with Gasteiger partial charge in [-0.3, -0.25) is 14.8 Å². The van der Waals surface area contributed by atoms with Crippen LogP contribution in [0.3, 0.4) is 0 Å². The minimum atomic E-state index is -0.588. The number of hydrogen-bond donors (Lipinski definition) is 4. The van der Waals surface area contributed by atoms with E-state index in [1.54, 1.807) is 12.1 Å². The minimum Gasteiger partial charge on any atom is -0.508 e. The Morgan fingerprint density at radius 2 is 1.94 bits per heavy atom. The molecule has 0 amide bonds. The van der Waals surface area contributed by atoms with Crippen LogP contribution in [0.4, 0.5) is 11.5 Å². The van der Waals surface area contributed by atoms with Gasteiger partial charge in [0, 0.05) is 17.8 Å². The summed E-state index contributed by atoms with van der Waals surface area (Å²) in [6.45, 7) is 0. The summed E-state index contributed by atoms with van der Waals surface area (Å²) in [4.78, 5) is 26.4. The van der Waals surface area contributed by atoms with Gasteiger partial charge < -0.3 is 10.4 Å². The molecule has 1 aromatic heterocycles. The summed E-state index contributed by atoms with van der Waals surface area (Å²) in [6, 6.07) is 7.54. The predicted octanol–water partition coefficient (Wildman–Crippen LogP) is 0.512. The molecule has 0 aliphatic rings. The Labute approximate surface area is 89.6 Å². The molecule has 0 bridgehead atoms. The topological polar surface area (TPSA) is 98.0 Å². The third-order valence-corrected chi connectivity index (χ3v) is 1.89. The van der Waals surface area contributed by atoms with Crippen molar-refractivity contribution >= 4 is 11.5 Å². The van der Waals surface area contributed by atoms with Crippen LogP contribution in [0.2, 0.25) is 0 Å². The molecule has 0 saturated heterocycles. The van der Waals surface area contributed by atoms with Crippen LogP contribution in [0.15, 0.2) is 39.9 Å². The van der Waals surface area contributed by atoms with E-state index < -0.39 is 11.2 Å². The molecule has 0 radical (unpaired) electrons. The first-order valence-corrected chi connectivity index (χ1v) is 4.53. The van der Waals surface area contributed by atoms with Crippen LogP contribution in [0.25, 0.3) is 0 Å². The Hall–Kier alpha value is -2.50. The number of aromatic hydroxyl groups is 1. The fourth-order valence-corrected chi connectivity index (χ4v) is 1.28. The zero-order valence-corrected chi connectivity index (χ0v) is 8.15. The number of H-pyrrole nitrogens is 2. The number of anilines is 2. The molecule has 1 aromatic carbocycles. The lowest BCUT2D eigenvalue weighted by Gasteiger charge is -2.05. The second-order valence-electron chi connectivity index (χ2n) is 3.18. The Kier molecular flexibility index (Phi) is 2.47. The molecule has 0 atom stereocenters. The van der Waals surface area contributed by atoms with E-state index in [4.69, 9.17) is 0 Å². The zero-order valence-electron chi connectivity index (χ0n) is 8.15. The molecule has 16 heavy (non-hydrogen) atoms. The van der Waals surface area contributed by atoms with Gasteiger partial charge in [0.05, 0.1) is 0 Å². The van der Waals surface area contributed by atoms with E-state index >= 15 is 0 Å². The van der Waals surface area contributed by atoms with Crippen molar-refractivity contribution in [3.05, 3.63) is 51.2 Å². The highest BCUT2D eigenvalue weighted by Gasteiger charge is 1.98. The number of rotatable bonds is 2. The van der Waals surface area contributed by atoms with E-state index in [0.717, 1.165) is 0 Å². The van der Waals surface area contributed by atoms with E-state index in [0.29, 0.717) is 5.69 Å². The number of benzene rings is 1. The van der Waals surface area contributed by atoms with Crippen LogP contribution in [0.1, 0.15) is 0 Å². The summed E-state index contributed by atoms with van der Waals surface area (Å²) in [6.07, 6.45) is 0. The molecule has 0 fully saturated rings. The standard InChI is InChI=1S/C10H9N3O3/c14-7-3-1-2-6(4-7)11-8-5-9(15)13-10(16)12-8/h1-5,14H,(H3,11,12,13,15,16). The minimum absolute atomic E-state index is 0.0946. The quantitative estimate of drug-likeness (QED) is 0.591. The van der Waals surface area contributed by atoms with Gasteiger partial charge in [-0.25, -0.2) is 4.79 Å². The van der Waals surface area contributed by atoms with Crippen LogP contribution in [0.5, 0.6) is 5.75 Å². The number of aromatic amines is 2. The van der Waals surface area contributed by atoms with Gasteiger partial charge >= 0.3 is 5.69 Å². The van der Waals surface area contributed by atoms with Gasteiger partial charge in [-0.1, -0.05) is 6.07 Å². The third kappa shape index (κ3) is 2.30. The first-order valence-electron chi connectivity index (χ1n) is 4.53. The van der Waals surface area contributed by atoms with E-state index in [1.165, 1.54) is 18.2 Å². The molecule has 0 aliphatic heterocycles. The molecule has 6 nitrogen and oxygen atoms in total. The van der Waals surface area contributed by atoms with Crippen LogP contribution < -0.4 is 16.6 Å². The van der Waals surface area contributed by atoms with Crippen LogP contribution in [-0.2, 0) is 0 Å². The van der Waals surface area contributed by atoms with E-state index in [1.807, 2.05) is 0 Å². The molecular formula is C10H9N3O3. The smallest absolute Gasteiger partial charge is 0.327 e. The number of aromatic nitrogens is 2. The first-order chi connectivity index (χ1) is 7.63. The summed E-state index contributed by atoms with van der Waals surface area (Å²) in [5, 5.41) is 12.0. The van der Waals surface area contributed by atoms with Crippen molar-refractivity contribution in [1.29, 1.82) is 0 Å². The maximum absolute atomic E-state index is 11.0. The van der Waals surface area contributed by atoms with Crippen LogP contribution >= 0.6 is 0 Å². The lowest BCUT2D eigenvalue weighted by atomic mass is 10.3. The molecule has 0 saturated carbocycles. The Morgan fingerprint density at radius 1 is 1.12 bits per heavy atom. The maximum Gasteiger partial charge on any atom is 0.327 e. The fourth-order valence-electron chi connectivity index (χ4n) is 1.28. The summed E-state index contributed by atoms with van der Waals surface area (Å²) >= 11 is 0. The SMILES string of the molecule is O=c1cc(Nc2cccc(O)c2)[nH]c(=O)[nH]1. The molecule has 1 heterocycles. The molecule has 0 unspecified atom stereocenters.